The highest BCUT2D eigenvalue weighted by Gasteiger charge is 2.34. The van der Waals surface area contributed by atoms with Crippen LogP contribution >= 0.6 is 0 Å². The van der Waals surface area contributed by atoms with E-state index < -0.39 is 11.7 Å². The molecule has 0 heterocycles. The van der Waals surface area contributed by atoms with Gasteiger partial charge in [-0.1, -0.05) is 12.1 Å². The van der Waals surface area contributed by atoms with Crippen LogP contribution in [0.15, 0.2) is 42.5 Å². The van der Waals surface area contributed by atoms with Gasteiger partial charge in [0.05, 0.1) is 12.7 Å². The van der Waals surface area contributed by atoms with Crippen LogP contribution < -0.4 is 9.47 Å². The largest absolute Gasteiger partial charge is 0.508 e. The second kappa shape index (κ2) is 5.95. The van der Waals surface area contributed by atoms with Crippen LogP contribution in [0.1, 0.15) is 11.1 Å². The summed E-state index contributed by atoms with van der Waals surface area (Å²) in [6.45, 7) is -0.0451. The average Bonchev–Trinajstić information content (AvgIpc) is 2.44. The molecule has 0 bridgehead atoms. The Hall–Kier alpha value is -2.37. The zero-order valence-corrected chi connectivity index (χ0v) is 11.1. The Balaban J connectivity index is 2.18. The van der Waals surface area contributed by atoms with E-state index in [0.29, 0.717) is 11.3 Å². The fourth-order valence-corrected chi connectivity index (χ4v) is 1.81. The van der Waals surface area contributed by atoms with Gasteiger partial charge >= 0.3 is 6.18 Å². The van der Waals surface area contributed by atoms with Gasteiger partial charge in [0.25, 0.3) is 0 Å². The molecule has 3 nitrogen and oxygen atoms in total. The third kappa shape index (κ3) is 3.81. The first kappa shape index (κ1) is 15.0. The van der Waals surface area contributed by atoms with Crippen LogP contribution in [0, 0.1) is 0 Å². The SMILES string of the molecule is COc1ccc(COc2cccc(O)c2)cc1C(F)(F)F. The number of halogens is 3. The fraction of sp³-hybridized carbons (Fsp3) is 0.200. The summed E-state index contributed by atoms with van der Waals surface area (Å²) in [6, 6.07) is 9.78. The number of phenolic OH excluding ortho intramolecular Hbond substituents is 1. The fourth-order valence-electron chi connectivity index (χ4n) is 1.81. The molecule has 2 rings (SSSR count). The number of benzene rings is 2. The van der Waals surface area contributed by atoms with Crippen LogP contribution in [0.5, 0.6) is 17.2 Å². The van der Waals surface area contributed by atoms with Crippen molar-refractivity contribution in [2.75, 3.05) is 7.11 Å². The first-order valence-electron chi connectivity index (χ1n) is 6.06. The number of methoxy groups -OCH3 is 1. The minimum absolute atomic E-state index is 0.0261. The van der Waals surface area contributed by atoms with Gasteiger partial charge in [0.2, 0.25) is 0 Å². The van der Waals surface area contributed by atoms with Gasteiger partial charge < -0.3 is 14.6 Å². The van der Waals surface area contributed by atoms with Crippen molar-refractivity contribution in [2.24, 2.45) is 0 Å². The third-order valence-corrected chi connectivity index (χ3v) is 2.79. The zero-order chi connectivity index (χ0) is 15.5. The number of hydrogen-bond acceptors (Lipinski definition) is 3. The molecule has 0 aliphatic rings. The lowest BCUT2D eigenvalue weighted by Crippen LogP contribution is -2.09. The monoisotopic (exact) mass is 298 g/mol. The van der Waals surface area contributed by atoms with Crippen LogP contribution in [-0.4, -0.2) is 12.2 Å². The van der Waals surface area contributed by atoms with Gasteiger partial charge in [0.15, 0.2) is 0 Å². The van der Waals surface area contributed by atoms with Crippen LogP contribution in [0.2, 0.25) is 0 Å². The van der Waals surface area contributed by atoms with Crippen molar-refractivity contribution >= 4 is 0 Å². The minimum Gasteiger partial charge on any atom is -0.508 e. The zero-order valence-electron chi connectivity index (χ0n) is 11.1. The maximum absolute atomic E-state index is 12.9. The van der Waals surface area contributed by atoms with E-state index in [-0.39, 0.29) is 18.1 Å². The van der Waals surface area contributed by atoms with Gasteiger partial charge in [-0.05, 0) is 29.8 Å². The summed E-state index contributed by atoms with van der Waals surface area (Å²) in [5.74, 6) is 0.168. The molecule has 0 unspecified atom stereocenters. The standard InChI is InChI=1S/C15H13F3O3/c1-20-14-6-5-10(7-13(14)15(16,17)18)9-21-12-4-2-3-11(19)8-12/h2-8,19H,9H2,1H3. The molecule has 0 amide bonds. The molecule has 1 N–H and O–H groups in total. The Bertz CT molecular complexity index is 624. The molecule has 0 aromatic heterocycles. The highest BCUT2D eigenvalue weighted by atomic mass is 19.4. The molecule has 0 fully saturated rings. The Labute approximate surface area is 119 Å². The van der Waals surface area contributed by atoms with E-state index in [1.54, 1.807) is 12.1 Å². The molecule has 0 radical (unpaired) electrons. The molecule has 21 heavy (non-hydrogen) atoms. The molecule has 2 aromatic carbocycles. The van der Waals surface area contributed by atoms with E-state index in [0.717, 1.165) is 6.07 Å². The van der Waals surface area contributed by atoms with Gasteiger partial charge in [-0.25, -0.2) is 0 Å². The third-order valence-electron chi connectivity index (χ3n) is 2.79. The van der Waals surface area contributed by atoms with Crippen molar-refractivity contribution in [3.63, 3.8) is 0 Å². The molecule has 0 aliphatic carbocycles. The lowest BCUT2D eigenvalue weighted by molar-refractivity contribution is -0.138. The van der Waals surface area contributed by atoms with Crippen molar-refractivity contribution in [3.8, 4) is 17.2 Å². The lowest BCUT2D eigenvalue weighted by atomic mass is 10.1. The number of rotatable bonds is 4. The first-order chi connectivity index (χ1) is 9.90. The number of hydrogen-bond donors (Lipinski definition) is 1. The topological polar surface area (TPSA) is 38.7 Å². The van der Waals surface area contributed by atoms with E-state index in [1.807, 2.05) is 0 Å². The molecule has 2 aromatic rings. The Morgan fingerprint density at radius 1 is 1.10 bits per heavy atom. The smallest absolute Gasteiger partial charge is 0.419 e. The summed E-state index contributed by atoms with van der Waals surface area (Å²) in [5.41, 5.74) is -0.492. The lowest BCUT2D eigenvalue weighted by Gasteiger charge is -2.14. The Morgan fingerprint density at radius 2 is 1.86 bits per heavy atom. The number of alkyl halides is 3. The predicted molar refractivity (Wildman–Crippen MR) is 70.4 cm³/mol. The van der Waals surface area contributed by atoms with Crippen molar-refractivity contribution in [2.45, 2.75) is 12.8 Å². The summed E-state index contributed by atoms with van der Waals surface area (Å²) in [4.78, 5) is 0. The maximum atomic E-state index is 12.9. The van der Waals surface area contributed by atoms with Crippen LogP contribution in [-0.2, 0) is 12.8 Å². The molecule has 0 saturated heterocycles. The summed E-state index contributed by atoms with van der Waals surface area (Å²) < 4.78 is 48.7. The summed E-state index contributed by atoms with van der Waals surface area (Å²) in [6.07, 6.45) is -4.49. The molecular weight excluding hydrogens is 285 g/mol. The molecule has 0 spiro atoms. The van der Waals surface area contributed by atoms with E-state index in [4.69, 9.17) is 9.47 Å². The minimum atomic E-state index is -4.49. The van der Waals surface area contributed by atoms with Crippen molar-refractivity contribution in [1.29, 1.82) is 0 Å². The van der Waals surface area contributed by atoms with Crippen molar-refractivity contribution in [1.82, 2.24) is 0 Å². The van der Waals surface area contributed by atoms with Gasteiger partial charge in [0, 0.05) is 6.07 Å². The molecular formula is C15H13F3O3. The van der Waals surface area contributed by atoms with Gasteiger partial charge in [-0.2, -0.15) is 13.2 Å². The van der Waals surface area contributed by atoms with Crippen LogP contribution in [0.3, 0.4) is 0 Å². The molecule has 0 aliphatic heterocycles. The first-order valence-corrected chi connectivity index (χ1v) is 6.06. The van der Waals surface area contributed by atoms with Crippen molar-refractivity contribution in [3.05, 3.63) is 53.6 Å². The summed E-state index contributed by atoms with van der Waals surface area (Å²) in [5, 5.41) is 9.28. The maximum Gasteiger partial charge on any atom is 0.419 e. The van der Waals surface area contributed by atoms with E-state index in [2.05, 4.69) is 0 Å². The average molecular weight is 298 g/mol. The van der Waals surface area contributed by atoms with Gasteiger partial charge in [-0.15, -0.1) is 0 Å². The number of aromatic hydroxyl groups is 1. The number of phenols is 1. The quantitative estimate of drug-likeness (QED) is 0.927. The Kier molecular flexibility index (Phi) is 4.26. The molecule has 112 valence electrons. The normalized spacial score (nSPS) is 11.2. The molecule has 0 atom stereocenters. The van der Waals surface area contributed by atoms with Gasteiger partial charge in [0.1, 0.15) is 23.9 Å². The van der Waals surface area contributed by atoms with Gasteiger partial charge in [-0.3, -0.25) is 0 Å². The second-order valence-electron chi connectivity index (χ2n) is 4.32. The van der Waals surface area contributed by atoms with Crippen molar-refractivity contribution < 1.29 is 27.8 Å². The number of ether oxygens (including phenoxy) is 2. The molecule has 6 heteroatoms. The van der Waals surface area contributed by atoms with E-state index in [1.165, 1.54) is 31.4 Å². The Morgan fingerprint density at radius 3 is 2.48 bits per heavy atom. The second-order valence-corrected chi connectivity index (χ2v) is 4.32. The van der Waals surface area contributed by atoms with E-state index in [9.17, 15) is 18.3 Å². The summed E-state index contributed by atoms with van der Waals surface area (Å²) in [7, 11) is 1.19. The van der Waals surface area contributed by atoms with Crippen LogP contribution in [0.4, 0.5) is 13.2 Å². The highest BCUT2D eigenvalue weighted by molar-refractivity contribution is 5.39. The molecule has 0 saturated carbocycles. The predicted octanol–water partition coefficient (Wildman–Crippen LogP) is 4.00. The summed E-state index contributed by atoms with van der Waals surface area (Å²) >= 11 is 0. The van der Waals surface area contributed by atoms with E-state index >= 15 is 0 Å². The van der Waals surface area contributed by atoms with Crippen LogP contribution in [0.25, 0.3) is 0 Å². The highest BCUT2D eigenvalue weighted by Crippen LogP contribution is 2.36.